The molecule has 0 atom stereocenters. The van der Waals surface area contributed by atoms with Gasteiger partial charge in [0.25, 0.3) is 0 Å². The largest absolute Gasteiger partial charge is 0.392 e. The summed E-state index contributed by atoms with van der Waals surface area (Å²) in [5.74, 6) is 0. The summed E-state index contributed by atoms with van der Waals surface area (Å²) in [6, 6.07) is 4.13. The van der Waals surface area contributed by atoms with Crippen molar-refractivity contribution < 1.29 is 5.11 Å². The van der Waals surface area contributed by atoms with Gasteiger partial charge in [0.1, 0.15) is 0 Å². The van der Waals surface area contributed by atoms with Crippen LogP contribution in [0.3, 0.4) is 0 Å². The van der Waals surface area contributed by atoms with Gasteiger partial charge in [-0.2, -0.15) is 0 Å². The minimum Gasteiger partial charge on any atom is -0.392 e. The van der Waals surface area contributed by atoms with Crippen LogP contribution < -0.4 is 0 Å². The molecule has 3 heteroatoms. The zero-order valence-electron chi connectivity index (χ0n) is 7.88. The van der Waals surface area contributed by atoms with Crippen molar-refractivity contribution in [3.05, 3.63) is 34.2 Å². The molecular formula is C11H11BrOS. The molecule has 0 saturated carbocycles. The molecule has 0 unspecified atom stereocenters. The van der Waals surface area contributed by atoms with E-state index in [2.05, 4.69) is 40.4 Å². The van der Waals surface area contributed by atoms with Crippen molar-refractivity contribution in [2.75, 3.05) is 0 Å². The SMILES string of the molecule is Cc1csc2cc(CO)cc(CBr)c12. The Balaban J connectivity index is 2.76. The molecule has 1 heterocycles. The third kappa shape index (κ3) is 1.60. The number of benzene rings is 1. The smallest absolute Gasteiger partial charge is 0.0682 e. The number of alkyl halides is 1. The second-order valence-electron chi connectivity index (χ2n) is 3.34. The van der Waals surface area contributed by atoms with Crippen LogP contribution in [0.2, 0.25) is 0 Å². The average molecular weight is 271 g/mol. The molecule has 0 radical (unpaired) electrons. The first-order valence-electron chi connectivity index (χ1n) is 4.42. The summed E-state index contributed by atoms with van der Waals surface area (Å²) in [5.41, 5.74) is 3.59. The van der Waals surface area contributed by atoms with Crippen LogP contribution in [-0.4, -0.2) is 5.11 Å². The van der Waals surface area contributed by atoms with Crippen LogP contribution in [0.15, 0.2) is 17.5 Å². The van der Waals surface area contributed by atoms with E-state index in [4.69, 9.17) is 5.11 Å². The standard InChI is InChI=1S/C11H11BrOS/c1-7-6-14-10-3-8(5-13)2-9(4-12)11(7)10/h2-3,6,13H,4-5H2,1H3. The van der Waals surface area contributed by atoms with E-state index in [-0.39, 0.29) is 6.61 Å². The normalized spacial score (nSPS) is 11.1. The van der Waals surface area contributed by atoms with E-state index in [0.717, 1.165) is 10.9 Å². The lowest BCUT2D eigenvalue weighted by molar-refractivity contribution is 0.282. The summed E-state index contributed by atoms with van der Waals surface area (Å²) in [6.45, 7) is 2.25. The zero-order chi connectivity index (χ0) is 10.1. The topological polar surface area (TPSA) is 20.2 Å². The molecule has 0 spiro atoms. The van der Waals surface area contributed by atoms with E-state index in [1.165, 1.54) is 21.2 Å². The number of thiophene rings is 1. The van der Waals surface area contributed by atoms with E-state index in [9.17, 15) is 0 Å². The van der Waals surface area contributed by atoms with Crippen molar-refractivity contribution in [3.8, 4) is 0 Å². The van der Waals surface area contributed by atoms with Gasteiger partial charge in [-0.1, -0.05) is 22.0 Å². The lowest BCUT2D eigenvalue weighted by atomic mass is 10.1. The molecule has 1 N–H and O–H groups in total. The Morgan fingerprint density at radius 3 is 2.86 bits per heavy atom. The summed E-state index contributed by atoms with van der Waals surface area (Å²) in [7, 11) is 0. The van der Waals surface area contributed by atoms with Crippen molar-refractivity contribution in [1.29, 1.82) is 0 Å². The van der Waals surface area contributed by atoms with Crippen LogP contribution in [-0.2, 0) is 11.9 Å². The predicted octanol–water partition coefficient (Wildman–Crippen LogP) is 3.60. The first kappa shape index (κ1) is 10.1. The Kier molecular flexibility index (Phi) is 2.91. The van der Waals surface area contributed by atoms with Gasteiger partial charge in [0, 0.05) is 10.0 Å². The Hall–Kier alpha value is -0.380. The van der Waals surface area contributed by atoms with Gasteiger partial charge in [0.2, 0.25) is 0 Å². The van der Waals surface area contributed by atoms with Crippen LogP contribution in [0.5, 0.6) is 0 Å². The number of rotatable bonds is 2. The third-order valence-corrected chi connectivity index (χ3v) is 3.98. The molecule has 0 aliphatic rings. The van der Waals surface area contributed by atoms with Gasteiger partial charge in [-0.25, -0.2) is 0 Å². The van der Waals surface area contributed by atoms with E-state index in [1.807, 2.05) is 0 Å². The highest BCUT2D eigenvalue weighted by Gasteiger charge is 2.07. The quantitative estimate of drug-likeness (QED) is 0.827. The van der Waals surface area contributed by atoms with Crippen molar-refractivity contribution in [2.24, 2.45) is 0 Å². The zero-order valence-corrected chi connectivity index (χ0v) is 10.3. The van der Waals surface area contributed by atoms with E-state index >= 15 is 0 Å². The van der Waals surface area contributed by atoms with Crippen molar-refractivity contribution in [3.63, 3.8) is 0 Å². The minimum absolute atomic E-state index is 0.118. The van der Waals surface area contributed by atoms with Gasteiger partial charge in [0.05, 0.1) is 6.61 Å². The molecule has 2 aromatic rings. The Morgan fingerprint density at radius 1 is 1.43 bits per heavy atom. The number of aliphatic hydroxyl groups is 1. The number of hydrogen-bond acceptors (Lipinski definition) is 2. The minimum atomic E-state index is 0.118. The van der Waals surface area contributed by atoms with Crippen molar-refractivity contribution >= 4 is 37.4 Å². The van der Waals surface area contributed by atoms with E-state index < -0.39 is 0 Å². The van der Waals surface area contributed by atoms with E-state index in [0.29, 0.717) is 0 Å². The molecule has 74 valence electrons. The lowest BCUT2D eigenvalue weighted by Crippen LogP contribution is -1.87. The summed E-state index contributed by atoms with van der Waals surface area (Å²) in [6.07, 6.45) is 0. The highest BCUT2D eigenvalue weighted by atomic mass is 79.9. The molecule has 1 aromatic carbocycles. The highest BCUT2D eigenvalue weighted by Crippen LogP contribution is 2.31. The maximum atomic E-state index is 9.11. The summed E-state index contributed by atoms with van der Waals surface area (Å²) in [4.78, 5) is 0. The molecule has 0 saturated heterocycles. The molecule has 0 fully saturated rings. The number of fused-ring (bicyclic) bond motifs is 1. The van der Waals surface area contributed by atoms with Gasteiger partial charge in [0.15, 0.2) is 0 Å². The molecule has 0 aliphatic carbocycles. The maximum Gasteiger partial charge on any atom is 0.0682 e. The third-order valence-electron chi connectivity index (χ3n) is 2.33. The van der Waals surface area contributed by atoms with Crippen LogP contribution in [0.4, 0.5) is 0 Å². The van der Waals surface area contributed by atoms with Crippen LogP contribution in [0.1, 0.15) is 16.7 Å². The first-order chi connectivity index (χ1) is 6.76. The number of halogens is 1. The molecule has 1 aromatic heterocycles. The molecule has 14 heavy (non-hydrogen) atoms. The monoisotopic (exact) mass is 270 g/mol. The van der Waals surface area contributed by atoms with Gasteiger partial charge in [-0.05, 0) is 40.4 Å². The van der Waals surface area contributed by atoms with Crippen molar-refractivity contribution in [2.45, 2.75) is 18.9 Å². The van der Waals surface area contributed by atoms with Gasteiger partial charge in [-0.15, -0.1) is 11.3 Å². The average Bonchev–Trinajstić information content (AvgIpc) is 2.59. The fraction of sp³-hybridized carbons (Fsp3) is 0.273. The number of hydrogen-bond donors (Lipinski definition) is 1. The molecule has 1 nitrogen and oxygen atoms in total. The van der Waals surface area contributed by atoms with Gasteiger partial charge >= 0.3 is 0 Å². The molecule has 0 amide bonds. The summed E-state index contributed by atoms with van der Waals surface area (Å²) in [5, 5.41) is 13.5. The maximum absolute atomic E-state index is 9.11. The summed E-state index contributed by atoms with van der Waals surface area (Å²) >= 11 is 5.22. The lowest BCUT2D eigenvalue weighted by Gasteiger charge is -2.03. The van der Waals surface area contributed by atoms with Crippen LogP contribution in [0, 0.1) is 6.92 Å². The van der Waals surface area contributed by atoms with Crippen LogP contribution in [0.25, 0.3) is 10.1 Å². The molecule has 0 bridgehead atoms. The van der Waals surface area contributed by atoms with Crippen molar-refractivity contribution in [1.82, 2.24) is 0 Å². The highest BCUT2D eigenvalue weighted by molar-refractivity contribution is 9.08. The fourth-order valence-electron chi connectivity index (χ4n) is 1.68. The Bertz CT molecular complexity index is 462. The molecular weight excluding hydrogens is 260 g/mol. The number of aliphatic hydroxyl groups excluding tert-OH is 1. The van der Waals surface area contributed by atoms with Gasteiger partial charge < -0.3 is 5.11 Å². The first-order valence-corrected chi connectivity index (χ1v) is 6.42. The Morgan fingerprint density at radius 2 is 2.21 bits per heavy atom. The van der Waals surface area contributed by atoms with Gasteiger partial charge in [-0.3, -0.25) is 0 Å². The van der Waals surface area contributed by atoms with Crippen LogP contribution >= 0.6 is 27.3 Å². The predicted molar refractivity (Wildman–Crippen MR) is 65.1 cm³/mol. The second-order valence-corrected chi connectivity index (χ2v) is 4.81. The second kappa shape index (κ2) is 4.01. The number of aryl methyl sites for hydroxylation is 1. The molecule has 2 rings (SSSR count). The molecule has 0 aliphatic heterocycles. The Labute approximate surface area is 95.5 Å². The summed E-state index contributed by atoms with van der Waals surface area (Å²) < 4.78 is 1.27. The fourth-order valence-corrected chi connectivity index (χ4v) is 3.18. The van der Waals surface area contributed by atoms with E-state index in [1.54, 1.807) is 11.3 Å².